The summed E-state index contributed by atoms with van der Waals surface area (Å²) in [6, 6.07) is 0. The standard InChI is InChI=1S/C13H28N2O2/c1-3-5-8-12(4-2)11-17-10-7-6-9-13(16)15-14/h12H,3-11,14H2,1-2H3,(H,15,16). The van der Waals surface area contributed by atoms with Crippen LogP contribution >= 0.6 is 0 Å². The minimum atomic E-state index is -0.0978. The number of unbranched alkanes of at least 4 members (excludes halogenated alkanes) is 2. The van der Waals surface area contributed by atoms with Gasteiger partial charge in [0.15, 0.2) is 0 Å². The molecule has 0 fully saturated rings. The zero-order valence-corrected chi connectivity index (χ0v) is 11.3. The van der Waals surface area contributed by atoms with Crippen molar-refractivity contribution in [2.45, 2.75) is 58.8 Å². The molecule has 4 heteroatoms. The zero-order valence-electron chi connectivity index (χ0n) is 11.3. The Bertz CT molecular complexity index is 186. The molecule has 0 rings (SSSR count). The molecule has 0 aromatic carbocycles. The van der Waals surface area contributed by atoms with Gasteiger partial charge in [0.05, 0.1) is 0 Å². The van der Waals surface area contributed by atoms with Crippen LogP contribution < -0.4 is 11.3 Å². The average molecular weight is 244 g/mol. The maximum atomic E-state index is 10.8. The van der Waals surface area contributed by atoms with Gasteiger partial charge in [0, 0.05) is 19.6 Å². The summed E-state index contributed by atoms with van der Waals surface area (Å²) in [4.78, 5) is 10.8. The van der Waals surface area contributed by atoms with Crippen molar-refractivity contribution in [2.75, 3.05) is 13.2 Å². The summed E-state index contributed by atoms with van der Waals surface area (Å²) in [7, 11) is 0. The van der Waals surface area contributed by atoms with Crippen molar-refractivity contribution in [2.24, 2.45) is 11.8 Å². The van der Waals surface area contributed by atoms with Crippen LogP contribution in [0.15, 0.2) is 0 Å². The number of ether oxygens (including phenoxy) is 1. The Labute approximate surface area is 105 Å². The van der Waals surface area contributed by atoms with Crippen molar-refractivity contribution < 1.29 is 9.53 Å². The number of amides is 1. The summed E-state index contributed by atoms with van der Waals surface area (Å²) in [5.74, 6) is 5.59. The highest BCUT2D eigenvalue weighted by molar-refractivity contribution is 5.74. The van der Waals surface area contributed by atoms with Gasteiger partial charge in [0.25, 0.3) is 0 Å². The Morgan fingerprint density at radius 2 is 2.06 bits per heavy atom. The highest BCUT2D eigenvalue weighted by atomic mass is 16.5. The predicted molar refractivity (Wildman–Crippen MR) is 70.3 cm³/mol. The fraction of sp³-hybridized carbons (Fsp3) is 0.923. The maximum Gasteiger partial charge on any atom is 0.233 e. The number of carbonyl (C=O) groups excluding carboxylic acids is 1. The molecular weight excluding hydrogens is 216 g/mol. The van der Waals surface area contributed by atoms with E-state index in [1.165, 1.54) is 25.7 Å². The molecule has 17 heavy (non-hydrogen) atoms. The second kappa shape index (κ2) is 11.9. The van der Waals surface area contributed by atoms with Crippen LogP contribution in [0.1, 0.15) is 58.8 Å². The highest BCUT2D eigenvalue weighted by Gasteiger charge is 2.05. The van der Waals surface area contributed by atoms with Crippen molar-refractivity contribution in [3.05, 3.63) is 0 Å². The highest BCUT2D eigenvalue weighted by Crippen LogP contribution is 2.13. The maximum absolute atomic E-state index is 10.8. The molecule has 4 nitrogen and oxygen atoms in total. The fourth-order valence-electron chi connectivity index (χ4n) is 1.71. The van der Waals surface area contributed by atoms with E-state index >= 15 is 0 Å². The van der Waals surface area contributed by atoms with Gasteiger partial charge >= 0.3 is 0 Å². The first-order valence-corrected chi connectivity index (χ1v) is 6.81. The number of hydrazine groups is 1. The largest absolute Gasteiger partial charge is 0.381 e. The SMILES string of the molecule is CCCCC(CC)COCCCCC(=O)NN. The Hall–Kier alpha value is -0.610. The quantitative estimate of drug-likeness (QED) is 0.254. The Morgan fingerprint density at radius 3 is 2.65 bits per heavy atom. The molecule has 0 aliphatic heterocycles. The van der Waals surface area contributed by atoms with Crippen molar-refractivity contribution in [1.82, 2.24) is 5.43 Å². The van der Waals surface area contributed by atoms with E-state index in [0.717, 1.165) is 26.1 Å². The number of carbonyl (C=O) groups is 1. The molecule has 0 aliphatic rings. The summed E-state index contributed by atoms with van der Waals surface area (Å²) in [6.45, 7) is 6.05. The summed E-state index contributed by atoms with van der Waals surface area (Å²) < 4.78 is 5.64. The lowest BCUT2D eigenvalue weighted by atomic mass is 10.0. The predicted octanol–water partition coefficient (Wildman–Crippen LogP) is 2.38. The Balaban J connectivity index is 3.33. The van der Waals surface area contributed by atoms with Crippen LogP contribution in [0.2, 0.25) is 0 Å². The van der Waals surface area contributed by atoms with Gasteiger partial charge < -0.3 is 4.74 Å². The van der Waals surface area contributed by atoms with Crippen molar-refractivity contribution in [1.29, 1.82) is 0 Å². The second-order valence-corrected chi connectivity index (χ2v) is 4.52. The van der Waals surface area contributed by atoms with Crippen LogP contribution in [0.25, 0.3) is 0 Å². The molecule has 1 amide bonds. The number of hydrogen-bond donors (Lipinski definition) is 2. The van der Waals surface area contributed by atoms with Gasteiger partial charge in [0.1, 0.15) is 0 Å². The third-order valence-electron chi connectivity index (χ3n) is 3.00. The summed E-state index contributed by atoms with van der Waals surface area (Å²) >= 11 is 0. The summed E-state index contributed by atoms with van der Waals surface area (Å²) in [6.07, 6.45) is 7.26. The van der Waals surface area contributed by atoms with E-state index in [4.69, 9.17) is 10.6 Å². The first kappa shape index (κ1) is 16.4. The number of nitrogens with one attached hydrogen (secondary N) is 1. The molecule has 0 aromatic rings. The lowest BCUT2D eigenvalue weighted by Crippen LogP contribution is -2.29. The van der Waals surface area contributed by atoms with E-state index in [9.17, 15) is 4.79 Å². The van der Waals surface area contributed by atoms with Gasteiger partial charge in [-0.2, -0.15) is 0 Å². The van der Waals surface area contributed by atoms with Crippen LogP contribution in [0.3, 0.4) is 0 Å². The van der Waals surface area contributed by atoms with E-state index < -0.39 is 0 Å². The molecule has 1 atom stereocenters. The van der Waals surface area contributed by atoms with Gasteiger partial charge in [-0.05, 0) is 25.2 Å². The molecule has 3 N–H and O–H groups in total. The molecule has 102 valence electrons. The molecule has 0 aliphatic carbocycles. The molecule has 0 saturated heterocycles. The van der Waals surface area contributed by atoms with E-state index in [0.29, 0.717) is 12.3 Å². The topological polar surface area (TPSA) is 64.3 Å². The molecule has 0 heterocycles. The van der Waals surface area contributed by atoms with Gasteiger partial charge in [-0.3, -0.25) is 10.2 Å². The third-order valence-corrected chi connectivity index (χ3v) is 3.00. The minimum absolute atomic E-state index is 0.0978. The van der Waals surface area contributed by atoms with Crippen molar-refractivity contribution in [3.63, 3.8) is 0 Å². The average Bonchev–Trinajstić information content (AvgIpc) is 2.36. The molecule has 0 bridgehead atoms. The first-order chi connectivity index (χ1) is 8.24. The molecule has 0 spiro atoms. The van der Waals surface area contributed by atoms with E-state index in [1.54, 1.807) is 0 Å². The van der Waals surface area contributed by atoms with Gasteiger partial charge in [-0.1, -0.05) is 33.1 Å². The van der Waals surface area contributed by atoms with Crippen molar-refractivity contribution in [3.8, 4) is 0 Å². The summed E-state index contributed by atoms with van der Waals surface area (Å²) in [5, 5.41) is 0. The zero-order chi connectivity index (χ0) is 12.9. The Morgan fingerprint density at radius 1 is 1.29 bits per heavy atom. The first-order valence-electron chi connectivity index (χ1n) is 6.81. The number of hydrogen-bond acceptors (Lipinski definition) is 3. The monoisotopic (exact) mass is 244 g/mol. The van der Waals surface area contributed by atoms with Gasteiger partial charge in [-0.15, -0.1) is 0 Å². The van der Waals surface area contributed by atoms with Gasteiger partial charge in [0.2, 0.25) is 5.91 Å². The molecular formula is C13H28N2O2. The van der Waals surface area contributed by atoms with E-state index in [-0.39, 0.29) is 5.91 Å². The van der Waals surface area contributed by atoms with Crippen LogP contribution in [0.5, 0.6) is 0 Å². The van der Waals surface area contributed by atoms with Crippen LogP contribution in [0, 0.1) is 5.92 Å². The lowest BCUT2D eigenvalue weighted by molar-refractivity contribution is -0.121. The Kier molecular flexibility index (Phi) is 11.4. The number of rotatable bonds is 11. The smallest absolute Gasteiger partial charge is 0.233 e. The van der Waals surface area contributed by atoms with Crippen LogP contribution in [0.4, 0.5) is 0 Å². The molecule has 0 radical (unpaired) electrons. The third kappa shape index (κ3) is 10.3. The molecule has 1 unspecified atom stereocenters. The van der Waals surface area contributed by atoms with Gasteiger partial charge in [-0.25, -0.2) is 5.84 Å². The molecule has 0 saturated carbocycles. The second-order valence-electron chi connectivity index (χ2n) is 4.52. The normalized spacial score (nSPS) is 12.4. The minimum Gasteiger partial charge on any atom is -0.381 e. The van der Waals surface area contributed by atoms with E-state index in [1.807, 2.05) is 0 Å². The van der Waals surface area contributed by atoms with Crippen LogP contribution in [-0.4, -0.2) is 19.1 Å². The lowest BCUT2D eigenvalue weighted by Gasteiger charge is -2.14. The van der Waals surface area contributed by atoms with Crippen molar-refractivity contribution >= 4 is 5.91 Å². The fourth-order valence-corrected chi connectivity index (χ4v) is 1.71. The van der Waals surface area contributed by atoms with E-state index in [2.05, 4.69) is 19.3 Å². The summed E-state index contributed by atoms with van der Waals surface area (Å²) in [5.41, 5.74) is 2.13. The molecule has 0 aromatic heterocycles. The number of nitrogens with two attached hydrogens (primary N) is 1. The van der Waals surface area contributed by atoms with Crippen LogP contribution in [-0.2, 0) is 9.53 Å².